The summed E-state index contributed by atoms with van der Waals surface area (Å²) in [6.07, 6.45) is 6.04. The Bertz CT molecular complexity index is 527. The van der Waals surface area contributed by atoms with Gasteiger partial charge in [0.05, 0.1) is 0 Å². The number of rotatable bonds is 0. The third kappa shape index (κ3) is 1.32. The monoisotopic (exact) mass is 213 g/mol. The van der Waals surface area contributed by atoms with Gasteiger partial charge in [0.15, 0.2) is 0 Å². The van der Waals surface area contributed by atoms with Gasteiger partial charge in [-0.1, -0.05) is 22.8 Å². The van der Waals surface area contributed by atoms with E-state index in [1.54, 1.807) is 0 Å². The molecule has 1 aliphatic rings. The summed E-state index contributed by atoms with van der Waals surface area (Å²) in [6, 6.07) is 2.03. The van der Waals surface area contributed by atoms with E-state index in [1.165, 1.54) is 22.2 Å². The molecule has 0 unspecified atom stereocenters. The summed E-state index contributed by atoms with van der Waals surface area (Å²) >= 11 is 0. The maximum Gasteiger partial charge on any atom is 0.0230 e. The minimum Gasteiger partial charge on any atom is -0.483 e. The molecule has 0 amide bonds. The van der Waals surface area contributed by atoms with Crippen LogP contribution in [0.4, 0.5) is 0 Å². The summed E-state index contributed by atoms with van der Waals surface area (Å²) < 4.78 is 2.04. The Kier molecular flexibility index (Phi) is 2.14. The van der Waals surface area contributed by atoms with E-state index >= 15 is 0 Å². The fraction of sp³-hybridized carbons (Fsp3) is 0.308. The smallest absolute Gasteiger partial charge is 0.0230 e. The lowest BCUT2D eigenvalue weighted by atomic mass is 10.1. The van der Waals surface area contributed by atoms with Crippen LogP contribution in [0.5, 0.6) is 0 Å². The van der Waals surface area contributed by atoms with Crippen LogP contribution in [0.25, 0.3) is 10.9 Å². The molecule has 0 N–H and O–H groups in total. The predicted octanol–water partition coefficient (Wildman–Crippen LogP) is 2.22. The zero-order valence-electron chi connectivity index (χ0n) is 9.32. The summed E-state index contributed by atoms with van der Waals surface area (Å²) in [5.41, 5.74) is 3.87. The summed E-state index contributed by atoms with van der Waals surface area (Å²) in [5.74, 6) is 0. The minimum atomic E-state index is 0.882. The maximum absolute atomic E-state index is 4.21. The lowest BCUT2D eigenvalue weighted by molar-refractivity contribution is 0.363. The van der Waals surface area contributed by atoms with Crippen molar-refractivity contribution < 1.29 is 0 Å². The first kappa shape index (κ1) is 9.73. The third-order valence-electron chi connectivity index (χ3n) is 3.36. The summed E-state index contributed by atoms with van der Waals surface area (Å²) in [4.78, 5) is 6.32. The van der Waals surface area contributed by atoms with Crippen LogP contribution in [0.3, 0.4) is 0 Å². The number of pyridine rings is 1. The zero-order valence-corrected chi connectivity index (χ0v) is 9.32. The molecule has 2 aromatic rings. The second kappa shape index (κ2) is 3.52. The van der Waals surface area contributed by atoms with Crippen LogP contribution in [0.2, 0.25) is 0 Å². The van der Waals surface area contributed by atoms with E-state index in [4.69, 9.17) is 0 Å². The Balaban J connectivity index is 2.27. The van der Waals surface area contributed by atoms with Crippen LogP contribution in [-0.4, -0.2) is 21.0 Å². The molecule has 0 fully saturated rings. The fourth-order valence-electron chi connectivity index (χ4n) is 2.55. The number of hydrogen-bond donors (Lipinski definition) is 0. The highest BCUT2D eigenvalue weighted by Gasteiger charge is 2.10. The first-order valence-electron chi connectivity index (χ1n) is 5.60. The van der Waals surface area contributed by atoms with Crippen molar-refractivity contribution in [2.45, 2.75) is 19.4 Å². The van der Waals surface area contributed by atoms with Crippen LogP contribution in [0.15, 0.2) is 18.5 Å². The van der Waals surface area contributed by atoms with E-state index in [2.05, 4.69) is 24.0 Å². The van der Waals surface area contributed by atoms with Gasteiger partial charge in [0.25, 0.3) is 0 Å². The normalized spacial score (nSPS) is 17.3. The van der Waals surface area contributed by atoms with Crippen molar-refractivity contribution in [3.63, 3.8) is 0 Å². The molecule has 3 nitrogen and oxygen atoms in total. The Morgan fingerprint density at radius 2 is 2.19 bits per heavy atom. The standard InChI is InChI=1S/C13H15N3/c1-15-7-3-4-10-11-8-14-6-5-12(11)16(2)13(10)9-15/h5-6,8H,1-4,7,9H2/q-2. The molecule has 0 bridgehead atoms. The van der Waals surface area contributed by atoms with Crippen molar-refractivity contribution in [3.8, 4) is 0 Å². The lowest BCUT2D eigenvalue weighted by Crippen LogP contribution is -2.16. The molecule has 3 rings (SSSR count). The SMILES string of the molecule is [CH2-]N1CCCc2c(n([CH2-])c3ccncc23)C1. The molecule has 0 aliphatic carbocycles. The molecule has 0 saturated heterocycles. The van der Waals surface area contributed by atoms with E-state index < -0.39 is 0 Å². The molecule has 0 radical (unpaired) electrons. The van der Waals surface area contributed by atoms with E-state index in [-0.39, 0.29) is 0 Å². The zero-order chi connectivity index (χ0) is 11.1. The van der Waals surface area contributed by atoms with Gasteiger partial charge in [-0.25, -0.2) is 0 Å². The number of hydrogen-bond acceptors (Lipinski definition) is 2. The molecule has 84 valence electrons. The number of fused-ring (bicyclic) bond motifs is 3. The number of nitrogens with zero attached hydrogens (tertiary/aromatic N) is 3. The van der Waals surface area contributed by atoms with Crippen molar-refractivity contribution in [2.24, 2.45) is 0 Å². The molecular formula is C13H15N3-2. The van der Waals surface area contributed by atoms with Gasteiger partial charge in [-0.3, -0.25) is 12.0 Å². The van der Waals surface area contributed by atoms with Crippen molar-refractivity contribution in [1.82, 2.24) is 14.5 Å². The highest BCUT2D eigenvalue weighted by Crippen LogP contribution is 2.28. The first-order valence-corrected chi connectivity index (χ1v) is 5.60. The molecule has 0 saturated carbocycles. The predicted molar refractivity (Wildman–Crippen MR) is 64.6 cm³/mol. The molecule has 0 atom stereocenters. The van der Waals surface area contributed by atoms with Crippen molar-refractivity contribution >= 4 is 10.9 Å². The lowest BCUT2D eigenvalue weighted by Gasteiger charge is -2.26. The summed E-state index contributed by atoms with van der Waals surface area (Å²) in [6.45, 7) is 1.93. The number of aromatic nitrogens is 2. The first-order chi connectivity index (χ1) is 7.77. The van der Waals surface area contributed by atoms with Gasteiger partial charge < -0.3 is 9.47 Å². The largest absolute Gasteiger partial charge is 0.483 e. The highest BCUT2D eigenvalue weighted by molar-refractivity contribution is 5.85. The van der Waals surface area contributed by atoms with Crippen LogP contribution in [-0.2, 0) is 13.0 Å². The van der Waals surface area contributed by atoms with Crippen LogP contribution in [0, 0.1) is 14.1 Å². The fourth-order valence-corrected chi connectivity index (χ4v) is 2.55. The molecule has 3 heteroatoms. The van der Waals surface area contributed by atoms with Gasteiger partial charge in [0.2, 0.25) is 0 Å². The molecule has 3 heterocycles. The van der Waals surface area contributed by atoms with E-state index in [0.717, 1.165) is 25.9 Å². The van der Waals surface area contributed by atoms with Gasteiger partial charge in [0, 0.05) is 12.4 Å². The van der Waals surface area contributed by atoms with Gasteiger partial charge in [-0.2, -0.15) is 0 Å². The van der Waals surface area contributed by atoms with Crippen LogP contribution < -0.4 is 0 Å². The Morgan fingerprint density at radius 1 is 1.31 bits per heavy atom. The maximum atomic E-state index is 4.21. The Hall–Kier alpha value is -1.48. The minimum absolute atomic E-state index is 0.882. The third-order valence-corrected chi connectivity index (χ3v) is 3.36. The second-order valence-electron chi connectivity index (χ2n) is 4.40. The molecule has 0 spiro atoms. The quantitative estimate of drug-likeness (QED) is 0.626. The highest BCUT2D eigenvalue weighted by atomic mass is 15.1. The number of aryl methyl sites for hydroxylation is 1. The van der Waals surface area contributed by atoms with Gasteiger partial charge in [-0.15, -0.1) is 7.05 Å². The molecule has 1 aliphatic heterocycles. The molecule has 2 aromatic heterocycles. The topological polar surface area (TPSA) is 21.1 Å². The van der Waals surface area contributed by atoms with Crippen LogP contribution in [0.1, 0.15) is 17.7 Å². The summed E-state index contributed by atoms with van der Waals surface area (Å²) in [7, 11) is 8.18. The van der Waals surface area contributed by atoms with Crippen LogP contribution >= 0.6 is 0 Å². The van der Waals surface area contributed by atoms with E-state index in [9.17, 15) is 0 Å². The molecule has 16 heavy (non-hydrogen) atoms. The summed E-state index contributed by atoms with van der Waals surface area (Å²) in [5, 5.41) is 1.25. The van der Waals surface area contributed by atoms with Crippen molar-refractivity contribution in [3.05, 3.63) is 43.8 Å². The Morgan fingerprint density at radius 3 is 3.06 bits per heavy atom. The average Bonchev–Trinajstić information content (AvgIpc) is 2.47. The second-order valence-corrected chi connectivity index (χ2v) is 4.40. The van der Waals surface area contributed by atoms with Gasteiger partial charge in [-0.05, 0) is 31.3 Å². The molecule has 0 aromatic carbocycles. The molecular weight excluding hydrogens is 198 g/mol. The van der Waals surface area contributed by atoms with Gasteiger partial charge >= 0.3 is 0 Å². The van der Waals surface area contributed by atoms with Crippen molar-refractivity contribution in [2.75, 3.05) is 6.54 Å². The van der Waals surface area contributed by atoms with Gasteiger partial charge in [0.1, 0.15) is 0 Å². The Labute approximate surface area is 95.7 Å². The van der Waals surface area contributed by atoms with Crippen molar-refractivity contribution in [1.29, 1.82) is 0 Å². The average molecular weight is 213 g/mol. The van der Waals surface area contributed by atoms with E-state index in [1.807, 2.05) is 23.0 Å². The van der Waals surface area contributed by atoms with E-state index in [0.29, 0.717) is 0 Å².